The SMILES string of the molecule is C=CCN(CCNS(=O)(=O)c1ccccc1Cl)S(C)(=O)=O. The van der Waals surface area contributed by atoms with E-state index < -0.39 is 20.0 Å². The van der Waals surface area contributed by atoms with Gasteiger partial charge in [0.05, 0.1) is 11.3 Å². The van der Waals surface area contributed by atoms with Crippen LogP contribution in [-0.4, -0.2) is 47.0 Å². The van der Waals surface area contributed by atoms with Crippen molar-refractivity contribution < 1.29 is 16.8 Å². The molecule has 0 unspecified atom stereocenters. The van der Waals surface area contributed by atoms with Crippen molar-refractivity contribution in [3.8, 4) is 0 Å². The number of halogens is 1. The van der Waals surface area contributed by atoms with Crippen LogP contribution in [0.3, 0.4) is 0 Å². The summed E-state index contributed by atoms with van der Waals surface area (Å²) < 4.78 is 50.5. The molecule has 0 atom stereocenters. The van der Waals surface area contributed by atoms with Crippen LogP contribution in [0.25, 0.3) is 0 Å². The Hall–Kier alpha value is -0.930. The standard InChI is InChI=1S/C12H17ClN2O4S2/c1-3-9-15(20(2,16)17)10-8-14-21(18,19)12-7-5-4-6-11(12)13/h3-7,14H,1,8-10H2,2H3. The first-order valence-corrected chi connectivity index (χ1v) is 9.69. The van der Waals surface area contributed by atoms with Crippen molar-refractivity contribution in [2.24, 2.45) is 0 Å². The Balaban J connectivity index is 2.75. The summed E-state index contributed by atoms with van der Waals surface area (Å²) in [5, 5.41) is 0.107. The van der Waals surface area contributed by atoms with Crippen molar-refractivity contribution in [2.45, 2.75) is 4.90 Å². The second kappa shape index (κ2) is 7.37. The van der Waals surface area contributed by atoms with Gasteiger partial charge in [0.15, 0.2) is 0 Å². The summed E-state index contributed by atoms with van der Waals surface area (Å²) in [6, 6.07) is 6.02. The zero-order valence-corrected chi connectivity index (χ0v) is 13.9. The minimum atomic E-state index is -3.78. The van der Waals surface area contributed by atoms with Crippen LogP contribution in [0.2, 0.25) is 5.02 Å². The van der Waals surface area contributed by atoms with Gasteiger partial charge in [-0.25, -0.2) is 21.6 Å². The fourth-order valence-electron chi connectivity index (χ4n) is 1.58. The number of hydrogen-bond donors (Lipinski definition) is 1. The Morgan fingerprint density at radius 1 is 1.29 bits per heavy atom. The molecule has 6 nitrogen and oxygen atoms in total. The first-order chi connectivity index (χ1) is 9.68. The van der Waals surface area contributed by atoms with Crippen molar-refractivity contribution in [3.63, 3.8) is 0 Å². The highest BCUT2D eigenvalue weighted by Crippen LogP contribution is 2.19. The Labute approximate surface area is 130 Å². The van der Waals surface area contributed by atoms with Gasteiger partial charge in [0.1, 0.15) is 4.90 Å². The van der Waals surface area contributed by atoms with Crippen molar-refractivity contribution in [3.05, 3.63) is 41.9 Å². The van der Waals surface area contributed by atoms with Gasteiger partial charge in [0, 0.05) is 19.6 Å². The van der Waals surface area contributed by atoms with Gasteiger partial charge in [-0.05, 0) is 12.1 Å². The van der Waals surface area contributed by atoms with Gasteiger partial charge in [-0.1, -0.05) is 29.8 Å². The zero-order chi connectivity index (χ0) is 16.1. The van der Waals surface area contributed by atoms with E-state index in [2.05, 4.69) is 11.3 Å². The molecular weight excluding hydrogens is 336 g/mol. The Kier molecular flexibility index (Phi) is 6.36. The molecular formula is C12H17ClN2O4S2. The highest BCUT2D eigenvalue weighted by Gasteiger charge is 2.19. The summed E-state index contributed by atoms with van der Waals surface area (Å²) in [4.78, 5) is -0.0405. The Morgan fingerprint density at radius 2 is 1.90 bits per heavy atom. The molecule has 9 heteroatoms. The van der Waals surface area contributed by atoms with E-state index in [0.717, 1.165) is 10.6 Å². The van der Waals surface area contributed by atoms with Gasteiger partial charge >= 0.3 is 0 Å². The largest absolute Gasteiger partial charge is 0.242 e. The molecule has 118 valence electrons. The molecule has 1 aromatic rings. The fourth-order valence-corrected chi connectivity index (χ4v) is 3.92. The molecule has 1 aromatic carbocycles. The van der Waals surface area contributed by atoms with E-state index >= 15 is 0 Å². The highest BCUT2D eigenvalue weighted by atomic mass is 35.5. The predicted octanol–water partition coefficient (Wildman–Crippen LogP) is 1.07. The minimum absolute atomic E-state index is 0.00847. The number of nitrogens with one attached hydrogen (secondary N) is 1. The molecule has 1 N–H and O–H groups in total. The van der Waals surface area contributed by atoms with Gasteiger partial charge in [-0.3, -0.25) is 0 Å². The number of hydrogen-bond acceptors (Lipinski definition) is 4. The first kappa shape index (κ1) is 18.1. The first-order valence-electron chi connectivity index (χ1n) is 5.98. The quantitative estimate of drug-likeness (QED) is 0.709. The smallest absolute Gasteiger partial charge is 0.212 e. The van der Waals surface area contributed by atoms with E-state index in [1.165, 1.54) is 18.2 Å². The van der Waals surface area contributed by atoms with Crippen LogP contribution < -0.4 is 4.72 Å². The van der Waals surface area contributed by atoms with Crippen LogP contribution in [0.5, 0.6) is 0 Å². The second-order valence-electron chi connectivity index (χ2n) is 4.24. The summed E-state index contributed by atoms with van der Waals surface area (Å²) in [5.41, 5.74) is 0. The molecule has 0 aromatic heterocycles. The summed E-state index contributed by atoms with van der Waals surface area (Å²) in [5.74, 6) is 0. The highest BCUT2D eigenvalue weighted by molar-refractivity contribution is 7.89. The van der Waals surface area contributed by atoms with Crippen molar-refractivity contribution in [1.82, 2.24) is 9.03 Å². The van der Waals surface area contributed by atoms with Gasteiger partial charge in [-0.15, -0.1) is 6.58 Å². The van der Waals surface area contributed by atoms with E-state index in [1.807, 2.05) is 0 Å². The summed E-state index contributed by atoms with van der Waals surface area (Å²) in [6.45, 7) is 3.53. The molecule has 0 spiro atoms. The van der Waals surface area contributed by atoms with Crippen LogP contribution in [0.1, 0.15) is 0 Å². The van der Waals surface area contributed by atoms with Crippen LogP contribution in [0, 0.1) is 0 Å². The predicted molar refractivity (Wildman–Crippen MR) is 83.3 cm³/mol. The van der Waals surface area contributed by atoms with Gasteiger partial charge in [0.25, 0.3) is 0 Å². The van der Waals surface area contributed by atoms with E-state index in [1.54, 1.807) is 12.1 Å². The van der Waals surface area contributed by atoms with E-state index in [0.29, 0.717) is 0 Å². The van der Waals surface area contributed by atoms with E-state index in [-0.39, 0.29) is 29.6 Å². The third-order valence-corrected chi connectivity index (χ3v) is 5.81. The average molecular weight is 353 g/mol. The minimum Gasteiger partial charge on any atom is -0.212 e. The van der Waals surface area contributed by atoms with Crippen molar-refractivity contribution in [1.29, 1.82) is 0 Å². The maximum absolute atomic E-state index is 12.1. The van der Waals surface area contributed by atoms with Crippen molar-refractivity contribution >= 4 is 31.6 Å². The molecule has 0 saturated heterocycles. The normalized spacial score (nSPS) is 12.5. The van der Waals surface area contributed by atoms with Crippen LogP contribution in [-0.2, 0) is 20.0 Å². The summed E-state index contributed by atoms with van der Waals surface area (Å²) >= 11 is 5.83. The molecule has 0 radical (unpaired) electrons. The van der Waals surface area contributed by atoms with Gasteiger partial charge in [0.2, 0.25) is 20.0 Å². The third kappa shape index (κ3) is 5.40. The molecule has 1 rings (SSSR count). The molecule has 0 amide bonds. The number of benzene rings is 1. The number of rotatable bonds is 8. The molecule has 21 heavy (non-hydrogen) atoms. The van der Waals surface area contributed by atoms with Crippen LogP contribution in [0.15, 0.2) is 41.8 Å². The molecule has 0 aliphatic heterocycles. The third-order valence-electron chi connectivity index (χ3n) is 2.58. The molecule has 0 heterocycles. The average Bonchev–Trinajstić information content (AvgIpc) is 2.36. The van der Waals surface area contributed by atoms with Crippen molar-refractivity contribution in [2.75, 3.05) is 25.9 Å². The number of sulfonamides is 2. The van der Waals surface area contributed by atoms with E-state index in [9.17, 15) is 16.8 Å². The monoisotopic (exact) mass is 352 g/mol. The fraction of sp³-hybridized carbons (Fsp3) is 0.333. The lowest BCUT2D eigenvalue weighted by atomic mass is 10.4. The maximum atomic E-state index is 12.1. The maximum Gasteiger partial charge on any atom is 0.242 e. The summed E-state index contributed by atoms with van der Waals surface area (Å²) in [7, 11) is -7.19. The molecule has 0 aliphatic carbocycles. The Bertz CT molecular complexity index is 702. The van der Waals surface area contributed by atoms with Gasteiger partial charge < -0.3 is 0 Å². The lowest BCUT2D eigenvalue weighted by molar-refractivity contribution is 0.447. The molecule has 0 saturated carbocycles. The van der Waals surface area contributed by atoms with Gasteiger partial charge in [-0.2, -0.15) is 4.31 Å². The zero-order valence-electron chi connectivity index (χ0n) is 11.5. The van der Waals surface area contributed by atoms with E-state index in [4.69, 9.17) is 11.6 Å². The van der Waals surface area contributed by atoms with Crippen LogP contribution in [0.4, 0.5) is 0 Å². The summed E-state index contributed by atoms with van der Waals surface area (Å²) in [6.07, 6.45) is 2.49. The molecule has 0 fully saturated rings. The Morgan fingerprint density at radius 3 is 2.43 bits per heavy atom. The second-order valence-corrected chi connectivity index (χ2v) is 8.36. The topological polar surface area (TPSA) is 83.6 Å². The molecule has 0 aliphatic rings. The number of nitrogens with zero attached hydrogens (tertiary/aromatic N) is 1. The lowest BCUT2D eigenvalue weighted by Crippen LogP contribution is -2.38. The molecule has 0 bridgehead atoms. The van der Waals surface area contributed by atoms with Crippen LogP contribution >= 0.6 is 11.6 Å². The lowest BCUT2D eigenvalue weighted by Gasteiger charge is -2.18.